The Labute approximate surface area is 237 Å². The first-order chi connectivity index (χ1) is 19.6. The molecule has 0 fully saturated rings. The highest BCUT2D eigenvalue weighted by Crippen LogP contribution is 2.35. The summed E-state index contributed by atoms with van der Waals surface area (Å²) in [5.74, 6) is -1.38. The van der Waals surface area contributed by atoms with E-state index < -0.39 is 34.7 Å². The van der Waals surface area contributed by atoms with E-state index in [4.69, 9.17) is 4.42 Å². The zero-order chi connectivity index (χ0) is 29.4. The Morgan fingerprint density at radius 1 is 0.878 bits per heavy atom. The molecule has 210 valence electrons. The molecule has 0 aliphatic rings. The van der Waals surface area contributed by atoms with E-state index in [0.717, 1.165) is 17.8 Å². The SMILES string of the molecule is CC(Sc1cccc(NC(=O)/C(=C/c2ccco2)NC(=O)c2ccccc2)c1)C(=O)Nc1ccccc1C(F)(F)F. The number of para-hydroxylation sites is 1. The number of alkyl halides is 3. The summed E-state index contributed by atoms with van der Waals surface area (Å²) in [6.07, 6.45) is -1.79. The topological polar surface area (TPSA) is 100 Å². The van der Waals surface area contributed by atoms with Gasteiger partial charge in [-0.1, -0.05) is 36.4 Å². The Morgan fingerprint density at radius 2 is 1.61 bits per heavy atom. The lowest BCUT2D eigenvalue weighted by Crippen LogP contribution is -2.30. The monoisotopic (exact) mass is 579 g/mol. The molecule has 7 nitrogen and oxygen atoms in total. The number of hydrogen-bond acceptors (Lipinski definition) is 5. The van der Waals surface area contributed by atoms with Crippen molar-refractivity contribution in [2.24, 2.45) is 0 Å². The summed E-state index contributed by atoms with van der Waals surface area (Å²) in [5, 5.41) is 6.90. The van der Waals surface area contributed by atoms with Crippen LogP contribution in [0.1, 0.15) is 28.6 Å². The van der Waals surface area contributed by atoms with Crippen LogP contribution < -0.4 is 16.0 Å². The minimum atomic E-state index is -4.61. The van der Waals surface area contributed by atoms with E-state index in [0.29, 0.717) is 21.9 Å². The van der Waals surface area contributed by atoms with Gasteiger partial charge in [0.05, 0.1) is 22.8 Å². The summed E-state index contributed by atoms with van der Waals surface area (Å²) in [6, 6.07) is 23.0. The molecular formula is C30H24F3N3O4S. The Hall–Kier alpha value is -4.77. The molecule has 0 saturated carbocycles. The number of carbonyl (C=O) groups excluding carboxylic acids is 3. The third kappa shape index (κ3) is 8.12. The molecule has 11 heteroatoms. The molecule has 1 atom stereocenters. The van der Waals surface area contributed by atoms with Gasteiger partial charge in [-0.2, -0.15) is 13.2 Å². The van der Waals surface area contributed by atoms with Gasteiger partial charge in [0.15, 0.2) is 0 Å². The van der Waals surface area contributed by atoms with Crippen molar-refractivity contribution < 1.29 is 32.0 Å². The molecule has 0 aliphatic carbocycles. The van der Waals surface area contributed by atoms with E-state index in [1.54, 1.807) is 73.7 Å². The molecule has 0 radical (unpaired) electrons. The zero-order valence-corrected chi connectivity index (χ0v) is 22.4. The van der Waals surface area contributed by atoms with Gasteiger partial charge in [-0.25, -0.2) is 0 Å². The maximum absolute atomic E-state index is 13.3. The first-order valence-electron chi connectivity index (χ1n) is 12.3. The van der Waals surface area contributed by atoms with Crippen LogP contribution >= 0.6 is 11.8 Å². The lowest BCUT2D eigenvalue weighted by molar-refractivity contribution is -0.137. The fraction of sp³-hybridized carbons (Fsp3) is 0.100. The largest absolute Gasteiger partial charge is 0.465 e. The fourth-order valence-corrected chi connectivity index (χ4v) is 4.56. The summed E-state index contributed by atoms with van der Waals surface area (Å²) in [6.45, 7) is 1.56. The number of furan rings is 1. The van der Waals surface area contributed by atoms with Gasteiger partial charge in [0.2, 0.25) is 5.91 Å². The average Bonchev–Trinajstić information content (AvgIpc) is 3.46. The number of nitrogens with one attached hydrogen (secondary N) is 3. The van der Waals surface area contributed by atoms with E-state index >= 15 is 0 Å². The van der Waals surface area contributed by atoms with Crippen LogP contribution in [0.15, 0.2) is 112 Å². The molecule has 4 rings (SSSR count). The molecule has 3 aromatic carbocycles. The maximum Gasteiger partial charge on any atom is 0.418 e. The van der Waals surface area contributed by atoms with Crippen LogP contribution in [0.5, 0.6) is 0 Å². The van der Waals surface area contributed by atoms with Gasteiger partial charge >= 0.3 is 6.18 Å². The lowest BCUT2D eigenvalue weighted by Gasteiger charge is -2.16. The molecule has 3 amide bonds. The molecule has 0 aliphatic heterocycles. The van der Waals surface area contributed by atoms with Gasteiger partial charge in [0.1, 0.15) is 11.5 Å². The van der Waals surface area contributed by atoms with Crippen molar-refractivity contribution in [3.8, 4) is 0 Å². The first kappa shape index (κ1) is 29.2. The van der Waals surface area contributed by atoms with Gasteiger partial charge in [-0.3, -0.25) is 14.4 Å². The fourth-order valence-electron chi connectivity index (χ4n) is 3.63. The second-order valence-corrected chi connectivity index (χ2v) is 10.1. The van der Waals surface area contributed by atoms with Gasteiger partial charge in [-0.05, 0) is 61.5 Å². The van der Waals surface area contributed by atoms with Crippen LogP contribution in [0.3, 0.4) is 0 Å². The standard InChI is InChI=1S/C30H24F3N3O4S/c1-19(27(37)35-25-15-6-5-14-24(25)30(31,32)33)41-23-13-7-11-21(17-23)34-29(39)26(18-22-12-8-16-40-22)36-28(38)20-9-3-2-4-10-20/h2-19H,1H3,(H,34,39)(H,35,37)(H,36,38)/b26-18-. The molecule has 0 saturated heterocycles. The Morgan fingerprint density at radius 3 is 2.32 bits per heavy atom. The molecule has 1 unspecified atom stereocenters. The second kappa shape index (κ2) is 13.1. The van der Waals surface area contributed by atoms with Crippen molar-refractivity contribution in [3.05, 3.63) is 120 Å². The Balaban J connectivity index is 1.45. The van der Waals surface area contributed by atoms with Gasteiger partial charge < -0.3 is 20.4 Å². The molecule has 41 heavy (non-hydrogen) atoms. The van der Waals surface area contributed by atoms with E-state index in [-0.39, 0.29) is 11.4 Å². The Bertz CT molecular complexity index is 1550. The van der Waals surface area contributed by atoms with E-state index in [1.165, 1.54) is 30.5 Å². The highest BCUT2D eigenvalue weighted by Gasteiger charge is 2.34. The highest BCUT2D eigenvalue weighted by atomic mass is 32.2. The summed E-state index contributed by atoms with van der Waals surface area (Å²) in [4.78, 5) is 39.2. The third-order valence-corrected chi connectivity index (χ3v) is 6.72. The highest BCUT2D eigenvalue weighted by molar-refractivity contribution is 8.00. The minimum absolute atomic E-state index is 0.0667. The van der Waals surface area contributed by atoms with E-state index in [2.05, 4.69) is 16.0 Å². The number of benzene rings is 3. The number of thioether (sulfide) groups is 1. The van der Waals surface area contributed by atoms with Crippen molar-refractivity contribution in [1.82, 2.24) is 5.32 Å². The van der Waals surface area contributed by atoms with Crippen molar-refractivity contribution in [1.29, 1.82) is 0 Å². The van der Waals surface area contributed by atoms with Crippen molar-refractivity contribution in [3.63, 3.8) is 0 Å². The predicted octanol–water partition coefficient (Wildman–Crippen LogP) is 6.83. The number of halogens is 3. The number of hydrogen-bond donors (Lipinski definition) is 3. The third-order valence-electron chi connectivity index (χ3n) is 5.62. The second-order valence-electron chi connectivity index (χ2n) is 8.67. The van der Waals surface area contributed by atoms with Crippen molar-refractivity contribution >= 4 is 46.9 Å². The van der Waals surface area contributed by atoms with Crippen LogP contribution in [-0.4, -0.2) is 23.0 Å². The van der Waals surface area contributed by atoms with Gasteiger partial charge in [-0.15, -0.1) is 11.8 Å². The number of amides is 3. The first-order valence-corrected chi connectivity index (χ1v) is 13.1. The molecule has 3 N–H and O–H groups in total. The van der Waals surface area contributed by atoms with Gasteiger partial charge in [0, 0.05) is 22.2 Å². The molecule has 0 spiro atoms. The van der Waals surface area contributed by atoms with Gasteiger partial charge in [0.25, 0.3) is 11.8 Å². The smallest absolute Gasteiger partial charge is 0.418 e. The predicted molar refractivity (Wildman–Crippen MR) is 151 cm³/mol. The van der Waals surface area contributed by atoms with E-state index in [1.807, 2.05) is 0 Å². The summed E-state index contributed by atoms with van der Waals surface area (Å²) in [5.41, 5.74) is -0.605. The normalized spacial score (nSPS) is 12.3. The number of anilines is 2. The van der Waals surface area contributed by atoms with Crippen molar-refractivity contribution in [2.45, 2.75) is 23.2 Å². The number of rotatable bonds is 9. The average molecular weight is 580 g/mol. The Kier molecular flexibility index (Phi) is 9.30. The summed E-state index contributed by atoms with van der Waals surface area (Å²) in [7, 11) is 0. The van der Waals surface area contributed by atoms with Crippen LogP contribution in [0.4, 0.5) is 24.5 Å². The summed E-state index contributed by atoms with van der Waals surface area (Å²) >= 11 is 1.10. The molecular weight excluding hydrogens is 555 g/mol. The number of carbonyl (C=O) groups is 3. The molecule has 1 heterocycles. The van der Waals surface area contributed by atoms with Crippen LogP contribution in [-0.2, 0) is 15.8 Å². The zero-order valence-electron chi connectivity index (χ0n) is 21.6. The summed E-state index contributed by atoms with van der Waals surface area (Å²) < 4.78 is 45.2. The van der Waals surface area contributed by atoms with E-state index in [9.17, 15) is 27.6 Å². The minimum Gasteiger partial charge on any atom is -0.465 e. The van der Waals surface area contributed by atoms with Crippen LogP contribution in [0, 0.1) is 0 Å². The molecule has 0 bridgehead atoms. The molecule has 4 aromatic rings. The molecule has 1 aromatic heterocycles. The maximum atomic E-state index is 13.3. The quantitative estimate of drug-likeness (QED) is 0.149. The van der Waals surface area contributed by atoms with Crippen LogP contribution in [0.25, 0.3) is 6.08 Å². The lowest BCUT2D eigenvalue weighted by atomic mass is 10.1. The van der Waals surface area contributed by atoms with Crippen LogP contribution in [0.2, 0.25) is 0 Å². The van der Waals surface area contributed by atoms with Crippen molar-refractivity contribution in [2.75, 3.05) is 10.6 Å².